The van der Waals surface area contributed by atoms with Gasteiger partial charge in [-0.2, -0.15) is 0 Å². The number of nitrogen functional groups attached to an aromatic ring is 1. The van der Waals surface area contributed by atoms with Gasteiger partial charge in [0.1, 0.15) is 0 Å². The Bertz CT molecular complexity index is 560. The van der Waals surface area contributed by atoms with Gasteiger partial charge in [0.2, 0.25) is 0 Å². The highest BCUT2D eigenvalue weighted by Gasteiger charge is 2.09. The van der Waals surface area contributed by atoms with E-state index in [1.54, 1.807) is 30.6 Å². The van der Waals surface area contributed by atoms with E-state index in [1.807, 2.05) is 12.1 Å². The molecule has 3 nitrogen and oxygen atoms in total. The zero-order valence-electron chi connectivity index (χ0n) is 9.67. The van der Waals surface area contributed by atoms with Crippen LogP contribution in [0.1, 0.15) is 5.56 Å². The molecule has 0 aliphatic rings. The lowest BCUT2D eigenvalue weighted by Crippen LogP contribution is -2.04. The zero-order chi connectivity index (χ0) is 13.0. The van der Waals surface area contributed by atoms with E-state index >= 15 is 0 Å². The lowest BCUT2D eigenvalue weighted by molar-refractivity contribution is 0.682. The summed E-state index contributed by atoms with van der Waals surface area (Å²) in [7, 11) is -1.14. The molecule has 2 aromatic rings. The molecule has 1 atom stereocenters. The maximum absolute atomic E-state index is 12.1. The number of hydrogen-bond donors (Lipinski definition) is 1. The van der Waals surface area contributed by atoms with Crippen LogP contribution in [0.25, 0.3) is 0 Å². The molecule has 94 valence electrons. The fourth-order valence-corrected chi connectivity index (χ4v) is 3.04. The molecule has 2 N–H and O–H groups in total. The van der Waals surface area contributed by atoms with Crippen LogP contribution in [0.15, 0.2) is 47.6 Å². The van der Waals surface area contributed by atoms with Crippen LogP contribution >= 0.6 is 11.6 Å². The molecule has 0 spiro atoms. The van der Waals surface area contributed by atoms with Gasteiger partial charge in [-0.05, 0) is 42.3 Å². The van der Waals surface area contributed by atoms with Crippen molar-refractivity contribution in [2.75, 3.05) is 11.5 Å². The molecular weight excluding hydrogens is 268 g/mol. The van der Waals surface area contributed by atoms with Gasteiger partial charge in [-0.3, -0.25) is 9.19 Å². The molecule has 0 amide bonds. The van der Waals surface area contributed by atoms with E-state index in [4.69, 9.17) is 17.3 Å². The lowest BCUT2D eigenvalue weighted by Gasteiger charge is -2.06. The first-order valence-corrected chi connectivity index (χ1v) is 7.19. The second kappa shape index (κ2) is 5.98. The van der Waals surface area contributed by atoms with Gasteiger partial charge in [0, 0.05) is 28.9 Å². The van der Waals surface area contributed by atoms with E-state index in [9.17, 15) is 4.21 Å². The van der Waals surface area contributed by atoms with Crippen molar-refractivity contribution in [3.05, 3.63) is 53.3 Å². The number of aromatic nitrogens is 1. The van der Waals surface area contributed by atoms with Crippen molar-refractivity contribution in [1.82, 2.24) is 4.98 Å². The summed E-state index contributed by atoms with van der Waals surface area (Å²) in [5, 5.41) is 0.552. The fraction of sp³-hybridized carbons (Fsp3) is 0.154. The minimum absolute atomic E-state index is 0.521. The van der Waals surface area contributed by atoms with Gasteiger partial charge in [0.25, 0.3) is 0 Å². The third-order valence-electron chi connectivity index (χ3n) is 2.55. The molecule has 5 heteroatoms. The Morgan fingerprint density at radius 3 is 2.67 bits per heavy atom. The molecule has 0 aliphatic heterocycles. The number of rotatable bonds is 4. The maximum Gasteiger partial charge on any atom is 0.0632 e. The fourth-order valence-electron chi connectivity index (χ4n) is 1.58. The van der Waals surface area contributed by atoms with Crippen LogP contribution in [0.2, 0.25) is 5.02 Å². The van der Waals surface area contributed by atoms with E-state index in [0.29, 0.717) is 21.4 Å². The van der Waals surface area contributed by atoms with Crippen molar-refractivity contribution in [3.8, 4) is 0 Å². The number of aryl methyl sites for hydroxylation is 1. The van der Waals surface area contributed by atoms with E-state index in [2.05, 4.69) is 4.98 Å². The Kier molecular flexibility index (Phi) is 4.33. The third kappa shape index (κ3) is 3.31. The SMILES string of the molecule is Nc1ccc(Cl)cc1S(=O)CCc1ccncc1. The molecule has 0 bridgehead atoms. The Morgan fingerprint density at radius 2 is 1.94 bits per heavy atom. The molecule has 1 heterocycles. The van der Waals surface area contributed by atoms with Crippen molar-refractivity contribution in [1.29, 1.82) is 0 Å². The van der Waals surface area contributed by atoms with Crippen LogP contribution in [-0.2, 0) is 17.2 Å². The highest BCUT2D eigenvalue weighted by molar-refractivity contribution is 7.85. The van der Waals surface area contributed by atoms with Crippen LogP contribution in [0.3, 0.4) is 0 Å². The van der Waals surface area contributed by atoms with Gasteiger partial charge in [0.15, 0.2) is 0 Å². The molecule has 18 heavy (non-hydrogen) atoms. The normalized spacial score (nSPS) is 12.3. The van der Waals surface area contributed by atoms with Gasteiger partial charge in [-0.1, -0.05) is 11.6 Å². The number of pyridine rings is 1. The number of nitrogens with two attached hydrogens (primary N) is 1. The van der Waals surface area contributed by atoms with Crippen molar-refractivity contribution in [3.63, 3.8) is 0 Å². The molecule has 1 unspecified atom stereocenters. The largest absolute Gasteiger partial charge is 0.398 e. The van der Waals surface area contributed by atoms with Crippen LogP contribution in [0.5, 0.6) is 0 Å². The monoisotopic (exact) mass is 280 g/mol. The number of benzene rings is 1. The van der Waals surface area contributed by atoms with Crippen LogP contribution < -0.4 is 5.73 Å². The highest BCUT2D eigenvalue weighted by Crippen LogP contribution is 2.21. The number of halogens is 1. The zero-order valence-corrected chi connectivity index (χ0v) is 11.2. The Morgan fingerprint density at radius 1 is 1.22 bits per heavy atom. The minimum atomic E-state index is -1.14. The molecule has 2 rings (SSSR count). The van der Waals surface area contributed by atoms with Crippen LogP contribution in [-0.4, -0.2) is 14.9 Å². The summed E-state index contributed by atoms with van der Waals surface area (Å²) in [6.07, 6.45) is 4.18. The number of nitrogens with zero attached hydrogens (tertiary/aromatic N) is 1. The lowest BCUT2D eigenvalue weighted by atomic mass is 10.2. The van der Waals surface area contributed by atoms with E-state index in [-0.39, 0.29) is 0 Å². The topological polar surface area (TPSA) is 56.0 Å². The predicted molar refractivity (Wildman–Crippen MR) is 75.1 cm³/mol. The van der Waals surface area contributed by atoms with E-state index in [1.165, 1.54) is 0 Å². The van der Waals surface area contributed by atoms with Crippen LogP contribution in [0.4, 0.5) is 5.69 Å². The van der Waals surface area contributed by atoms with Gasteiger partial charge >= 0.3 is 0 Å². The van der Waals surface area contributed by atoms with Gasteiger partial charge in [0.05, 0.1) is 15.7 Å². The van der Waals surface area contributed by atoms with Crippen molar-refractivity contribution >= 4 is 28.1 Å². The first-order valence-electron chi connectivity index (χ1n) is 5.49. The smallest absolute Gasteiger partial charge is 0.0632 e. The van der Waals surface area contributed by atoms with Gasteiger partial charge in [-0.25, -0.2) is 0 Å². The van der Waals surface area contributed by atoms with Crippen LogP contribution in [0, 0.1) is 0 Å². The first-order chi connectivity index (χ1) is 8.66. The van der Waals surface area contributed by atoms with E-state index < -0.39 is 10.8 Å². The van der Waals surface area contributed by atoms with Crippen molar-refractivity contribution < 1.29 is 4.21 Å². The first kappa shape index (κ1) is 13.1. The molecule has 1 aromatic carbocycles. The summed E-state index contributed by atoms with van der Waals surface area (Å²) >= 11 is 5.88. The Labute approximate surface area is 113 Å². The molecular formula is C13H13ClN2OS. The maximum atomic E-state index is 12.1. The van der Waals surface area contributed by atoms with E-state index in [0.717, 1.165) is 12.0 Å². The Hall–Kier alpha value is -1.39. The molecule has 0 fully saturated rings. The summed E-state index contributed by atoms with van der Waals surface area (Å²) in [4.78, 5) is 4.55. The summed E-state index contributed by atoms with van der Waals surface area (Å²) in [5.74, 6) is 0.522. The molecule has 0 radical (unpaired) electrons. The minimum Gasteiger partial charge on any atom is -0.398 e. The molecule has 0 saturated heterocycles. The average molecular weight is 281 g/mol. The van der Waals surface area contributed by atoms with Crippen molar-refractivity contribution in [2.45, 2.75) is 11.3 Å². The summed E-state index contributed by atoms with van der Waals surface area (Å²) in [6, 6.07) is 8.87. The summed E-state index contributed by atoms with van der Waals surface area (Å²) in [5.41, 5.74) is 7.43. The number of anilines is 1. The van der Waals surface area contributed by atoms with Crippen molar-refractivity contribution in [2.24, 2.45) is 0 Å². The molecule has 1 aromatic heterocycles. The summed E-state index contributed by atoms with van der Waals surface area (Å²) in [6.45, 7) is 0. The standard InChI is InChI=1S/C13H13ClN2OS/c14-11-1-2-12(15)13(9-11)18(17)8-5-10-3-6-16-7-4-10/h1-4,6-7,9H,5,8,15H2. The summed E-state index contributed by atoms with van der Waals surface area (Å²) < 4.78 is 12.1. The second-order valence-electron chi connectivity index (χ2n) is 3.84. The molecule has 0 aliphatic carbocycles. The average Bonchev–Trinajstić information content (AvgIpc) is 2.40. The Balaban J connectivity index is 2.06. The van der Waals surface area contributed by atoms with Gasteiger partial charge in [-0.15, -0.1) is 0 Å². The highest BCUT2D eigenvalue weighted by atomic mass is 35.5. The third-order valence-corrected chi connectivity index (χ3v) is 4.20. The quantitative estimate of drug-likeness (QED) is 0.876. The second-order valence-corrected chi connectivity index (χ2v) is 5.81. The predicted octanol–water partition coefficient (Wildman–Crippen LogP) is 2.67. The van der Waals surface area contributed by atoms with Gasteiger partial charge < -0.3 is 5.73 Å². The molecule has 0 saturated carbocycles. The number of hydrogen-bond acceptors (Lipinski definition) is 3.